The number of hydrogen-bond donors (Lipinski definition) is 2. The second-order valence-corrected chi connectivity index (χ2v) is 4.59. The molecule has 0 atom stereocenters. The van der Waals surface area contributed by atoms with Crippen molar-refractivity contribution in [3.63, 3.8) is 0 Å². The van der Waals surface area contributed by atoms with Crippen LogP contribution in [-0.2, 0) is 12.7 Å². The maximum Gasteiger partial charge on any atom is 0.416 e. The summed E-state index contributed by atoms with van der Waals surface area (Å²) in [5, 5.41) is 12.1. The van der Waals surface area contributed by atoms with Crippen molar-refractivity contribution in [3.8, 4) is 0 Å². The molecule has 0 heterocycles. The van der Waals surface area contributed by atoms with E-state index in [1.165, 1.54) is 12.1 Å². The summed E-state index contributed by atoms with van der Waals surface area (Å²) in [5.41, 5.74) is -0.343. The second kappa shape index (κ2) is 5.06. The maximum absolute atomic E-state index is 12.3. The Kier molecular flexibility index (Phi) is 4.16. The zero-order valence-corrected chi connectivity index (χ0v) is 9.80. The van der Waals surface area contributed by atoms with Crippen LogP contribution in [0.1, 0.15) is 25.0 Å². The van der Waals surface area contributed by atoms with Crippen LogP contribution in [0.3, 0.4) is 0 Å². The molecule has 0 bridgehead atoms. The van der Waals surface area contributed by atoms with Crippen LogP contribution in [0.2, 0.25) is 0 Å². The van der Waals surface area contributed by atoms with Crippen molar-refractivity contribution in [1.82, 2.24) is 5.32 Å². The average Bonchev–Trinajstić information content (AvgIpc) is 2.26. The third-order valence-electron chi connectivity index (χ3n) is 2.45. The molecule has 96 valence electrons. The van der Waals surface area contributed by atoms with Gasteiger partial charge >= 0.3 is 6.18 Å². The van der Waals surface area contributed by atoms with Crippen LogP contribution in [0.4, 0.5) is 13.2 Å². The van der Waals surface area contributed by atoms with Crippen molar-refractivity contribution in [3.05, 3.63) is 35.4 Å². The van der Waals surface area contributed by atoms with Gasteiger partial charge in [0.05, 0.1) is 12.2 Å². The molecule has 0 aliphatic rings. The Hall–Kier alpha value is -1.07. The first kappa shape index (κ1) is 14.0. The van der Waals surface area contributed by atoms with Crippen molar-refractivity contribution in [1.29, 1.82) is 0 Å². The lowest BCUT2D eigenvalue weighted by atomic mass is 10.1. The van der Waals surface area contributed by atoms with Gasteiger partial charge in [0.2, 0.25) is 0 Å². The Morgan fingerprint density at radius 1 is 1.12 bits per heavy atom. The largest absolute Gasteiger partial charge is 0.416 e. The van der Waals surface area contributed by atoms with Gasteiger partial charge in [-0.15, -0.1) is 0 Å². The minimum absolute atomic E-state index is 0.0341. The summed E-state index contributed by atoms with van der Waals surface area (Å²) in [5.74, 6) is 0. The van der Waals surface area contributed by atoms with Crippen LogP contribution >= 0.6 is 0 Å². The highest BCUT2D eigenvalue weighted by atomic mass is 19.4. The first-order valence-electron chi connectivity index (χ1n) is 5.27. The Labute approximate surface area is 98.5 Å². The molecule has 1 rings (SSSR count). The van der Waals surface area contributed by atoms with E-state index >= 15 is 0 Å². The average molecular weight is 247 g/mol. The van der Waals surface area contributed by atoms with E-state index in [1.54, 1.807) is 0 Å². The molecule has 2 nitrogen and oxygen atoms in total. The van der Waals surface area contributed by atoms with Gasteiger partial charge in [0.25, 0.3) is 0 Å². The summed E-state index contributed by atoms with van der Waals surface area (Å²) < 4.78 is 36.9. The van der Waals surface area contributed by atoms with E-state index < -0.39 is 17.3 Å². The first-order chi connectivity index (χ1) is 7.74. The van der Waals surface area contributed by atoms with E-state index in [-0.39, 0.29) is 6.61 Å². The fraction of sp³-hybridized carbons (Fsp3) is 0.500. The lowest BCUT2D eigenvalue weighted by Gasteiger charge is -2.23. The molecule has 0 saturated carbocycles. The van der Waals surface area contributed by atoms with E-state index in [1.807, 2.05) is 13.8 Å². The highest BCUT2D eigenvalue weighted by molar-refractivity contribution is 5.24. The van der Waals surface area contributed by atoms with Crippen molar-refractivity contribution < 1.29 is 18.3 Å². The Balaban J connectivity index is 2.64. The zero-order chi connectivity index (χ0) is 13.1. The molecule has 0 aliphatic carbocycles. The van der Waals surface area contributed by atoms with Crippen LogP contribution in [0.25, 0.3) is 0 Å². The standard InChI is InChI=1S/C12H16F3NO/c1-11(2,8-17)16-7-9-3-5-10(6-4-9)12(13,14)15/h3-6,16-17H,7-8H2,1-2H3. The molecule has 0 aromatic heterocycles. The highest BCUT2D eigenvalue weighted by Gasteiger charge is 2.29. The number of rotatable bonds is 4. The minimum Gasteiger partial charge on any atom is -0.394 e. The first-order valence-corrected chi connectivity index (χ1v) is 5.27. The molecule has 0 saturated heterocycles. The van der Waals surface area contributed by atoms with Crippen molar-refractivity contribution in [2.24, 2.45) is 0 Å². The molecular formula is C12H16F3NO. The molecule has 0 unspecified atom stereocenters. The fourth-order valence-electron chi connectivity index (χ4n) is 1.21. The summed E-state index contributed by atoms with van der Waals surface area (Å²) in [4.78, 5) is 0. The van der Waals surface area contributed by atoms with Gasteiger partial charge in [0.15, 0.2) is 0 Å². The predicted octanol–water partition coefficient (Wildman–Crippen LogP) is 2.57. The lowest BCUT2D eigenvalue weighted by Crippen LogP contribution is -2.42. The molecule has 5 heteroatoms. The van der Waals surface area contributed by atoms with E-state index in [4.69, 9.17) is 5.11 Å². The number of halogens is 3. The molecule has 1 aromatic rings. The van der Waals surface area contributed by atoms with E-state index in [0.717, 1.165) is 17.7 Å². The Morgan fingerprint density at radius 2 is 1.65 bits per heavy atom. The molecule has 17 heavy (non-hydrogen) atoms. The SMILES string of the molecule is CC(C)(CO)NCc1ccc(C(F)(F)F)cc1. The van der Waals surface area contributed by atoms with Gasteiger partial charge in [-0.3, -0.25) is 0 Å². The number of aliphatic hydroxyl groups is 1. The minimum atomic E-state index is -4.30. The predicted molar refractivity (Wildman–Crippen MR) is 59.4 cm³/mol. The van der Waals surface area contributed by atoms with Gasteiger partial charge in [-0.1, -0.05) is 12.1 Å². The number of benzene rings is 1. The van der Waals surface area contributed by atoms with E-state index in [2.05, 4.69) is 5.32 Å². The van der Waals surface area contributed by atoms with E-state index in [0.29, 0.717) is 6.54 Å². The third-order valence-corrected chi connectivity index (χ3v) is 2.45. The summed E-state index contributed by atoms with van der Waals surface area (Å²) >= 11 is 0. The quantitative estimate of drug-likeness (QED) is 0.857. The van der Waals surface area contributed by atoms with Gasteiger partial charge in [-0.05, 0) is 31.5 Å². The maximum atomic E-state index is 12.3. The summed E-state index contributed by atoms with van der Waals surface area (Å²) in [6.07, 6.45) is -4.30. The number of nitrogens with one attached hydrogen (secondary N) is 1. The van der Waals surface area contributed by atoms with Gasteiger partial charge in [-0.2, -0.15) is 13.2 Å². The molecule has 0 fully saturated rings. The Morgan fingerprint density at radius 3 is 2.06 bits per heavy atom. The summed E-state index contributed by atoms with van der Waals surface area (Å²) in [6.45, 7) is 4.02. The molecule has 1 aromatic carbocycles. The molecule has 0 amide bonds. The van der Waals surface area contributed by atoms with Crippen molar-refractivity contribution >= 4 is 0 Å². The summed E-state index contributed by atoms with van der Waals surface area (Å²) in [6, 6.07) is 4.98. The van der Waals surface area contributed by atoms with Crippen LogP contribution in [0.15, 0.2) is 24.3 Å². The van der Waals surface area contributed by atoms with Crippen molar-refractivity contribution in [2.45, 2.75) is 32.1 Å². The zero-order valence-electron chi connectivity index (χ0n) is 9.80. The van der Waals surface area contributed by atoms with Gasteiger partial charge in [0.1, 0.15) is 0 Å². The monoisotopic (exact) mass is 247 g/mol. The summed E-state index contributed by atoms with van der Waals surface area (Å²) in [7, 11) is 0. The molecular weight excluding hydrogens is 231 g/mol. The van der Waals surface area contributed by atoms with Gasteiger partial charge in [-0.25, -0.2) is 0 Å². The number of hydrogen-bond acceptors (Lipinski definition) is 2. The van der Waals surface area contributed by atoms with E-state index in [9.17, 15) is 13.2 Å². The van der Waals surface area contributed by atoms with Crippen LogP contribution < -0.4 is 5.32 Å². The van der Waals surface area contributed by atoms with Crippen LogP contribution in [0, 0.1) is 0 Å². The molecule has 0 radical (unpaired) electrons. The topological polar surface area (TPSA) is 32.3 Å². The van der Waals surface area contributed by atoms with Crippen molar-refractivity contribution in [2.75, 3.05) is 6.61 Å². The highest BCUT2D eigenvalue weighted by Crippen LogP contribution is 2.29. The second-order valence-electron chi connectivity index (χ2n) is 4.59. The number of aliphatic hydroxyl groups excluding tert-OH is 1. The smallest absolute Gasteiger partial charge is 0.394 e. The fourth-order valence-corrected chi connectivity index (χ4v) is 1.21. The molecule has 0 spiro atoms. The normalized spacial score (nSPS) is 12.8. The number of alkyl halides is 3. The third kappa shape index (κ3) is 4.36. The Bertz CT molecular complexity index is 357. The molecule has 0 aliphatic heterocycles. The lowest BCUT2D eigenvalue weighted by molar-refractivity contribution is -0.137. The van der Waals surface area contributed by atoms with Crippen LogP contribution in [-0.4, -0.2) is 17.3 Å². The van der Waals surface area contributed by atoms with Gasteiger partial charge in [0, 0.05) is 12.1 Å². The molecule has 2 N–H and O–H groups in total. The van der Waals surface area contributed by atoms with Crippen LogP contribution in [0.5, 0.6) is 0 Å². The van der Waals surface area contributed by atoms with Gasteiger partial charge < -0.3 is 10.4 Å².